The zero-order valence-corrected chi connectivity index (χ0v) is 17.6. The number of aliphatic hydroxyl groups excluding tert-OH is 1. The van der Waals surface area contributed by atoms with Crippen molar-refractivity contribution in [3.8, 4) is 5.75 Å². The van der Waals surface area contributed by atoms with Gasteiger partial charge in [-0.15, -0.1) is 0 Å². The molecule has 163 valence electrons. The number of aliphatic hydroxyl groups is 1. The number of nitrogens with two attached hydrogens (primary N) is 1. The first-order valence-electron chi connectivity index (χ1n) is 8.95. The third-order valence-corrected chi connectivity index (χ3v) is 4.59. The molecule has 1 atom stereocenters. The molecular formula is C18H19N6O5S2. The van der Waals surface area contributed by atoms with Crippen LogP contribution in [-0.4, -0.2) is 49.9 Å². The molecule has 7 N–H and O–H groups in total. The maximum Gasteiger partial charge on any atom is 0.307 e. The van der Waals surface area contributed by atoms with Crippen molar-refractivity contribution in [2.45, 2.75) is 18.9 Å². The molecule has 11 nitrogen and oxygen atoms in total. The van der Waals surface area contributed by atoms with Crippen LogP contribution in [0, 0.1) is 16.1 Å². The van der Waals surface area contributed by atoms with E-state index in [0.717, 1.165) is 0 Å². The number of hydrogen-bond donors (Lipinski definition) is 6. The monoisotopic (exact) mass is 463 g/mol. The van der Waals surface area contributed by atoms with Gasteiger partial charge >= 0.3 is 5.97 Å². The highest BCUT2D eigenvalue weighted by Gasteiger charge is 2.25. The Morgan fingerprint density at radius 1 is 1.35 bits per heavy atom. The summed E-state index contributed by atoms with van der Waals surface area (Å²) in [6.45, 7) is 1.47. The van der Waals surface area contributed by atoms with Gasteiger partial charge in [0.15, 0.2) is 11.5 Å². The summed E-state index contributed by atoms with van der Waals surface area (Å²) in [5, 5.41) is 22.2. The van der Waals surface area contributed by atoms with Crippen molar-refractivity contribution in [2.24, 2.45) is 5.73 Å². The van der Waals surface area contributed by atoms with Crippen LogP contribution in [0.2, 0.25) is 0 Å². The van der Waals surface area contributed by atoms with Crippen LogP contribution in [0.3, 0.4) is 0 Å². The molecule has 1 aromatic carbocycles. The van der Waals surface area contributed by atoms with Gasteiger partial charge in [0.05, 0.1) is 19.1 Å². The number of ether oxygens (including phenoxy) is 1. The zero-order valence-electron chi connectivity index (χ0n) is 16.0. The second-order valence-corrected chi connectivity index (χ2v) is 7.31. The minimum absolute atomic E-state index is 0.00346. The fourth-order valence-corrected chi connectivity index (χ4v) is 3.34. The first-order valence-corrected chi connectivity index (χ1v) is 9.77. The summed E-state index contributed by atoms with van der Waals surface area (Å²) in [4.78, 5) is 33.8. The van der Waals surface area contributed by atoms with Crippen molar-refractivity contribution < 1.29 is 24.5 Å². The first-order chi connectivity index (χ1) is 14.7. The van der Waals surface area contributed by atoms with Gasteiger partial charge in [-0.1, -0.05) is 6.07 Å². The second kappa shape index (κ2) is 9.68. The standard InChI is InChI=1S/C18H19N6O5S2/c19-15(28)10-3-11(25)7-24(6-10)13-5-12(2-1-9(13)4-14(26)27)29-8-20-16-21-17(30)23-18(31)22-16/h1-2,5-7,11,25H,3-4,8H2,(H2,19,28)(H,26,27)(H3,20,21,22,23,30,31). The molecule has 31 heavy (non-hydrogen) atoms. The molecule has 0 bridgehead atoms. The van der Waals surface area contributed by atoms with E-state index in [1.165, 1.54) is 17.6 Å². The fraction of sp³-hybridized carbons (Fsp3) is 0.222. The maximum atomic E-state index is 11.6. The lowest BCUT2D eigenvalue weighted by atomic mass is 10.0. The van der Waals surface area contributed by atoms with Crippen LogP contribution in [0.4, 0.5) is 11.6 Å². The smallest absolute Gasteiger partial charge is 0.307 e. The molecule has 1 unspecified atom stereocenters. The van der Waals surface area contributed by atoms with E-state index >= 15 is 0 Å². The Bertz CT molecular complexity index is 1120. The second-order valence-electron chi connectivity index (χ2n) is 6.52. The van der Waals surface area contributed by atoms with E-state index in [-0.39, 0.29) is 29.9 Å². The van der Waals surface area contributed by atoms with Gasteiger partial charge in [0.2, 0.25) is 16.6 Å². The van der Waals surface area contributed by atoms with E-state index in [2.05, 4.69) is 20.3 Å². The molecule has 0 aliphatic carbocycles. The van der Waals surface area contributed by atoms with E-state index < -0.39 is 18.0 Å². The lowest BCUT2D eigenvalue weighted by molar-refractivity contribution is -0.136. The van der Waals surface area contributed by atoms with Crippen molar-refractivity contribution in [1.82, 2.24) is 15.0 Å². The third kappa shape index (κ3) is 6.10. The predicted octanol–water partition coefficient (Wildman–Crippen LogP) is 1.37. The summed E-state index contributed by atoms with van der Waals surface area (Å²) in [7, 11) is 0. The quantitative estimate of drug-likeness (QED) is 0.248. The number of carbonyl (C=O) groups is 2. The van der Waals surface area contributed by atoms with Gasteiger partial charge in [-0.25, -0.2) is 0 Å². The molecule has 1 aliphatic rings. The number of carboxylic acid groups (broad SMARTS) is 1. The number of nitrogens with zero attached hydrogens (tertiary/aromatic N) is 2. The molecule has 0 saturated carbocycles. The molecule has 3 rings (SSSR count). The zero-order chi connectivity index (χ0) is 22.5. The average molecular weight is 464 g/mol. The number of hydrogen-bond acceptors (Lipinski definition) is 9. The Labute approximate surface area is 186 Å². The summed E-state index contributed by atoms with van der Waals surface area (Å²) in [5.74, 6) is -0.980. The molecule has 1 aromatic heterocycles. The molecule has 2 aromatic rings. The van der Waals surface area contributed by atoms with E-state index in [1.54, 1.807) is 18.2 Å². The summed E-state index contributed by atoms with van der Waals surface area (Å²) in [6, 6.07) is 4.79. The lowest BCUT2D eigenvalue weighted by Crippen LogP contribution is -2.32. The van der Waals surface area contributed by atoms with Crippen LogP contribution in [0.1, 0.15) is 12.0 Å². The van der Waals surface area contributed by atoms with Crippen LogP contribution in [-0.2, 0) is 16.0 Å². The highest BCUT2D eigenvalue weighted by molar-refractivity contribution is 7.71. The lowest BCUT2D eigenvalue weighted by Gasteiger charge is -2.30. The molecular weight excluding hydrogens is 444 g/mol. The van der Waals surface area contributed by atoms with Crippen LogP contribution in [0.15, 0.2) is 30.0 Å². The van der Waals surface area contributed by atoms with E-state index in [1.807, 2.05) is 0 Å². The Kier molecular flexibility index (Phi) is 6.99. The van der Waals surface area contributed by atoms with Crippen molar-refractivity contribution >= 4 is 47.9 Å². The van der Waals surface area contributed by atoms with Crippen molar-refractivity contribution in [3.63, 3.8) is 0 Å². The molecule has 1 amide bonds. The topological polar surface area (TPSA) is 170 Å². The highest BCUT2D eigenvalue weighted by atomic mass is 32.1. The third-order valence-electron chi connectivity index (χ3n) is 4.19. The van der Waals surface area contributed by atoms with Gasteiger partial charge in [0.1, 0.15) is 5.75 Å². The van der Waals surface area contributed by atoms with Crippen LogP contribution in [0.5, 0.6) is 5.75 Å². The van der Waals surface area contributed by atoms with Crippen molar-refractivity contribution in [3.05, 3.63) is 51.6 Å². The molecule has 0 saturated heterocycles. The SMILES string of the molecule is NC(=O)C1=CN(c2cc(OCNc3nc(=S)[nH]c(=S)[nH]3)ccc2CC(=O)O)[CH]C(O)C1. The van der Waals surface area contributed by atoms with E-state index in [9.17, 15) is 19.8 Å². The van der Waals surface area contributed by atoms with Gasteiger partial charge in [-0.2, -0.15) is 4.98 Å². The average Bonchev–Trinajstić information content (AvgIpc) is 2.67. The minimum atomic E-state index is -1.03. The number of benzene rings is 1. The largest absolute Gasteiger partial charge is 0.481 e. The van der Waals surface area contributed by atoms with Gasteiger partial charge in [0.25, 0.3) is 0 Å². The van der Waals surface area contributed by atoms with Gasteiger partial charge in [-0.05, 0) is 36.1 Å². The maximum absolute atomic E-state index is 11.6. The number of anilines is 2. The molecule has 0 fully saturated rings. The van der Waals surface area contributed by atoms with Crippen molar-refractivity contribution in [1.29, 1.82) is 0 Å². The molecule has 0 spiro atoms. The number of amides is 1. The van der Waals surface area contributed by atoms with Crippen LogP contribution < -0.4 is 20.7 Å². The number of aliphatic carboxylic acids is 1. The number of primary amides is 1. The number of carbonyl (C=O) groups excluding carboxylic acids is 1. The van der Waals surface area contributed by atoms with Gasteiger partial charge in [0, 0.05) is 29.9 Å². The molecule has 1 radical (unpaired) electrons. The van der Waals surface area contributed by atoms with Gasteiger partial charge < -0.3 is 40.9 Å². The number of H-pyrrole nitrogens is 2. The summed E-state index contributed by atoms with van der Waals surface area (Å²) in [6.07, 6.45) is 0.325. The normalized spacial score (nSPS) is 15.8. The van der Waals surface area contributed by atoms with Gasteiger partial charge in [-0.3, -0.25) is 9.59 Å². The number of aromatic nitrogens is 3. The Hall–Kier alpha value is -3.29. The number of aromatic amines is 2. The van der Waals surface area contributed by atoms with Crippen molar-refractivity contribution in [2.75, 3.05) is 16.9 Å². The first kappa shape index (κ1) is 22.4. The molecule has 2 heterocycles. The number of carboxylic acids is 1. The van der Waals surface area contributed by atoms with E-state index in [0.29, 0.717) is 27.7 Å². The van der Waals surface area contributed by atoms with Crippen LogP contribution in [0.25, 0.3) is 0 Å². The number of nitrogens with one attached hydrogen (secondary N) is 3. The predicted molar refractivity (Wildman–Crippen MR) is 116 cm³/mol. The summed E-state index contributed by atoms with van der Waals surface area (Å²) in [5.41, 5.74) is 6.45. The molecule has 13 heteroatoms. The fourth-order valence-electron chi connectivity index (χ4n) is 2.89. The summed E-state index contributed by atoms with van der Waals surface area (Å²) >= 11 is 9.95. The number of rotatable bonds is 8. The Balaban J connectivity index is 1.83. The van der Waals surface area contributed by atoms with Crippen LogP contribution >= 0.6 is 24.4 Å². The van der Waals surface area contributed by atoms with E-state index in [4.69, 9.17) is 34.9 Å². The summed E-state index contributed by atoms with van der Waals surface area (Å²) < 4.78 is 6.19. The highest BCUT2D eigenvalue weighted by Crippen LogP contribution is 2.32. The Morgan fingerprint density at radius 3 is 2.81 bits per heavy atom. The Morgan fingerprint density at radius 2 is 2.13 bits per heavy atom. The molecule has 1 aliphatic heterocycles. The minimum Gasteiger partial charge on any atom is -0.481 e.